The van der Waals surface area contributed by atoms with Gasteiger partial charge in [0.05, 0.1) is 6.33 Å². The molecule has 1 N–H and O–H groups in total. The second-order valence-corrected chi connectivity index (χ2v) is 3.15. The maximum absolute atomic E-state index is 10.3. The zero-order valence-corrected chi connectivity index (χ0v) is 8.72. The Morgan fingerprint density at radius 3 is 2.67 bits per heavy atom. The van der Waals surface area contributed by atoms with E-state index in [1.165, 1.54) is 0 Å². The van der Waals surface area contributed by atoms with Crippen molar-refractivity contribution in [3.8, 4) is 0 Å². The van der Waals surface area contributed by atoms with E-state index in [0.29, 0.717) is 11.7 Å². The van der Waals surface area contributed by atoms with Crippen LogP contribution in [0.4, 0.5) is 0 Å². The molecule has 2 rings (SSSR count). The molecule has 1 aromatic rings. The Bertz CT molecular complexity index is 297. The van der Waals surface area contributed by atoms with Gasteiger partial charge in [0.25, 0.3) is 0 Å². The van der Waals surface area contributed by atoms with Crippen molar-refractivity contribution in [1.82, 2.24) is 9.55 Å². The van der Waals surface area contributed by atoms with Crippen LogP contribution in [0.1, 0.15) is 24.6 Å². The molecule has 1 aliphatic heterocycles. The summed E-state index contributed by atoms with van der Waals surface area (Å²) in [6.45, 7) is 1.59. The molecule has 1 aliphatic rings. The fraction of sp³-hybridized carbons (Fsp3) is 0.556. The standard InChI is InChI=1S/C9H11N2O2.Li.H2O/c12-6-8-5-11(7-10-8)9-1-3-13-4-2-9;;/h5,7,9H,1-4H2;;1H2/q-1;+1;/p-1. The molecule has 0 spiro atoms. The molecule has 0 unspecified atom stereocenters. The van der Waals surface area contributed by atoms with E-state index in [0.717, 1.165) is 26.1 Å². The van der Waals surface area contributed by atoms with Crippen LogP contribution in [-0.4, -0.2) is 34.5 Å². The first kappa shape index (κ1) is 14.4. The molecule has 0 saturated carbocycles. The van der Waals surface area contributed by atoms with E-state index in [2.05, 4.69) is 4.98 Å². The van der Waals surface area contributed by atoms with E-state index in [-0.39, 0.29) is 24.3 Å². The fourth-order valence-corrected chi connectivity index (χ4v) is 1.57. The van der Waals surface area contributed by atoms with Crippen LogP contribution in [0.5, 0.6) is 0 Å². The van der Waals surface area contributed by atoms with Crippen molar-refractivity contribution >= 4 is 6.29 Å². The molecule has 0 amide bonds. The van der Waals surface area contributed by atoms with E-state index in [4.69, 9.17) is 4.74 Å². The molecule has 5 nitrogen and oxygen atoms in total. The number of ether oxygens (including phenoxy) is 1. The van der Waals surface area contributed by atoms with Crippen molar-refractivity contribution in [1.29, 1.82) is 0 Å². The average molecular weight is 203 g/mol. The Morgan fingerprint density at radius 1 is 1.47 bits per heavy atom. The molecule has 6 heteroatoms. The summed E-state index contributed by atoms with van der Waals surface area (Å²) in [4.78, 5) is 14.2. The van der Waals surface area contributed by atoms with E-state index >= 15 is 0 Å². The Kier molecular flexibility index (Phi) is 6.53. The molecule has 1 saturated heterocycles. The van der Waals surface area contributed by atoms with Crippen LogP contribution in [0.2, 0.25) is 0 Å². The summed E-state index contributed by atoms with van der Waals surface area (Å²) >= 11 is 0. The second-order valence-electron chi connectivity index (χ2n) is 3.15. The van der Waals surface area contributed by atoms with Crippen molar-refractivity contribution in [2.45, 2.75) is 18.9 Å². The number of rotatable bonds is 2. The molecule has 78 valence electrons. The Labute approximate surface area is 100 Å². The molecule has 1 fully saturated rings. The number of imidazole rings is 1. The molecule has 2 heterocycles. The molecule has 1 aromatic heterocycles. The van der Waals surface area contributed by atoms with Crippen molar-refractivity contribution < 1.29 is 33.9 Å². The first-order valence-electron chi connectivity index (χ1n) is 4.39. The number of hydrogen-bond donors (Lipinski definition) is 0. The van der Waals surface area contributed by atoms with E-state index in [1.807, 2.05) is 4.57 Å². The third-order valence-electron chi connectivity index (χ3n) is 2.32. The third kappa shape index (κ3) is 3.47. The molecule has 0 bridgehead atoms. The molecular weight excluding hydrogens is 191 g/mol. The minimum absolute atomic E-state index is 0. The molecular formula is C9H12LiN2O3-. The van der Waals surface area contributed by atoms with Crippen molar-refractivity contribution in [3.63, 3.8) is 0 Å². The quantitative estimate of drug-likeness (QED) is 0.394. The van der Waals surface area contributed by atoms with E-state index < -0.39 is 0 Å². The van der Waals surface area contributed by atoms with Crippen LogP contribution in [0.15, 0.2) is 12.5 Å². The van der Waals surface area contributed by atoms with Crippen LogP contribution in [0.3, 0.4) is 0 Å². The maximum atomic E-state index is 10.3. The largest absolute Gasteiger partial charge is 1.00 e. The summed E-state index contributed by atoms with van der Waals surface area (Å²) in [5, 5.41) is 0. The number of aromatic nitrogens is 2. The van der Waals surface area contributed by atoms with Gasteiger partial charge in [-0.3, -0.25) is 4.98 Å². The van der Waals surface area contributed by atoms with Gasteiger partial charge in [-0.2, -0.15) is 0 Å². The van der Waals surface area contributed by atoms with Crippen molar-refractivity contribution in [3.05, 3.63) is 18.2 Å². The third-order valence-corrected chi connectivity index (χ3v) is 2.32. The summed E-state index contributed by atoms with van der Waals surface area (Å²) < 4.78 is 7.22. The van der Waals surface area contributed by atoms with Crippen LogP contribution in [0, 0.1) is 0 Å². The van der Waals surface area contributed by atoms with Crippen LogP contribution in [-0.2, 0) is 9.53 Å². The molecule has 0 aromatic carbocycles. The van der Waals surface area contributed by atoms with Crippen molar-refractivity contribution in [2.75, 3.05) is 13.2 Å². The maximum Gasteiger partial charge on any atom is 1.00 e. The SMILES string of the molecule is O=[C-]c1cn(C2CCOCC2)cn1.[Li+].[OH-]. The Morgan fingerprint density at radius 2 is 2.13 bits per heavy atom. The van der Waals surface area contributed by atoms with E-state index in [9.17, 15) is 4.79 Å². The van der Waals surface area contributed by atoms with Crippen molar-refractivity contribution in [2.24, 2.45) is 0 Å². The fourth-order valence-electron chi connectivity index (χ4n) is 1.57. The van der Waals surface area contributed by atoms with Gasteiger partial charge in [0, 0.05) is 25.5 Å². The summed E-state index contributed by atoms with van der Waals surface area (Å²) in [5.41, 5.74) is 0.381. The predicted octanol–water partition coefficient (Wildman–Crippen LogP) is -2.48. The second kappa shape index (κ2) is 6.80. The first-order valence-corrected chi connectivity index (χ1v) is 4.39. The summed E-state index contributed by atoms with van der Waals surface area (Å²) in [7, 11) is 0. The van der Waals surface area contributed by atoms with Gasteiger partial charge in [-0.1, -0.05) is 0 Å². The topological polar surface area (TPSA) is 74.1 Å². The molecule has 0 atom stereocenters. The summed E-state index contributed by atoms with van der Waals surface area (Å²) in [6.07, 6.45) is 7.19. The zero-order valence-electron chi connectivity index (χ0n) is 8.72. The van der Waals surface area contributed by atoms with Crippen LogP contribution in [0.25, 0.3) is 0 Å². The van der Waals surface area contributed by atoms with Gasteiger partial charge >= 0.3 is 18.9 Å². The normalized spacial score (nSPS) is 16.3. The zero-order chi connectivity index (χ0) is 9.10. The van der Waals surface area contributed by atoms with Gasteiger partial charge in [0.15, 0.2) is 0 Å². The monoisotopic (exact) mass is 203 g/mol. The van der Waals surface area contributed by atoms with Gasteiger partial charge in [0.1, 0.15) is 0 Å². The van der Waals surface area contributed by atoms with Gasteiger partial charge in [-0.15, -0.1) is 6.20 Å². The van der Waals surface area contributed by atoms with Crippen LogP contribution < -0.4 is 18.9 Å². The minimum atomic E-state index is 0. The first-order chi connectivity index (χ1) is 6.40. The molecule has 0 aliphatic carbocycles. The van der Waals surface area contributed by atoms with Gasteiger partial charge in [-0.25, -0.2) is 0 Å². The van der Waals surface area contributed by atoms with Gasteiger partial charge in [0.2, 0.25) is 0 Å². The Hall–Kier alpha value is -0.603. The summed E-state index contributed by atoms with van der Waals surface area (Å²) in [5.74, 6) is 0. The number of hydrogen-bond acceptors (Lipinski definition) is 4. The summed E-state index contributed by atoms with van der Waals surface area (Å²) in [6, 6.07) is 0.434. The smallest absolute Gasteiger partial charge is 0.870 e. The average Bonchev–Trinajstić information content (AvgIpc) is 2.67. The van der Waals surface area contributed by atoms with Gasteiger partial charge < -0.3 is 19.6 Å². The van der Waals surface area contributed by atoms with Gasteiger partial charge in [-0.05, 0) is 18.5 Å². The van der Waals surface area contributed by atoms with Crippen LogP contribution >= 0.6 is 0 Å². The number of nitrogens with zero attached hydrogens (tertiary/aromatic N) is 2. The minimum Gasteiger partial charge on any atom is -0.870 e. The van der Waals surface area contributed by atoms with E-state index in [1.54, 1.807) is 18.8 Å². The number of carbonyl (C=O) groups excluding carboxylic acids is 1. The molecule has 15 heavy (non-hydrogen) atoms. The Balaban J connectivity index is 0.000000980. The predicted molar refractivity (Wildman–Crippen MR) is 48.0 cm³/mol. The molecule has 0 radical (unpaired) electrons.